The van der Waals surface area contributed by atoms with Crippen LogP contribution >= 0.6 is 0 Å². The topological polar surface area (TPSA) is 72.4 Å². The highest BCUT2D eigenvalue weighted by molar-refractivity contribution is 5.26. The van der Waals surface area contributed by atoms with Gasteiger partial charge >= 0.3 is 0 Å². The molecule has 0 bridgehead atoms. The molecule has 1 atom stereocenters. The predicted octanol–water partition coefficient (Wildman–Crippen LogP) is 0.464. The van der Waals surface area contributed by atoms with E-state index in [4.69, 9.17) is 5.11 Å². The second-order valence-corrected chi connectivity index (χ2v) is 5.22. The summed E-state index contributed by atoms with van der Waals surface area (Å²) in [6.07, 6.45) is 5.31. The van der Waals surface area contributed by atoms with Gasteiger partial charge in [-0.1, -0.05) is 6.42 Å². The highest BCUT2D eigenvalue weighted by Crippen LogP contribution is 2.22. The molecule has 1 aromatic heterocycles. The molecule has 1 aromatic rings. The molecule has 0 unspecified atom stereocenters. The van der Waals surface area contributed by atoms with E-state index in [0.29, 0.717) is 6.54 Å². The summed E-state index contributed by atoms with van der Waals surface area (Å²) in [6.45, 7) is 1.00. The molecule has 18 heavy (non-hydrogen) atoms. The highest BCUT2D eigenvalue weighted by Gasteiger charge is 2.17. The van der Waals surface area contributed by atoms with Crippen molar-refractivity contribution in [3.8, 4) is 0 Å². The minimum atomic E-state index is -0.674. The number of aliphatic hydroxyl groups excluding tert-OH is 2. The first-order chi connectivity index (χ1) is 8.70. The van der Waals surface area contributed by atoms with E-state index >= 15 is 0 Å². The Morgan fingerprint density at radius 1 is 1.33 bits per heavy atom. The van der Waals surface area contributed by atoms with Gasteiger partial charge in [-0.05, 0) is 38.3 Å². The Morgan fingerprint density at radius 3 is 2.89 bits per heavy atom. The minimum absolute atomic E-state index is 0.191. The number of fused-ring (bicyclic) bond motifs is 1. The predicted molar refractivity (Wildman–Crippen MR) is 69.3 cm³/mol. The number of nitrogens with one attached hydrogen (secondary N) is 1. The first kappa shape index (κ1) is 13.5. The quantitative estimate of drug-likeness (QED) is 0.667. The lowest BCUT2D eigenvalue weighted by Crippen LogP contribution is -2.31. The lowest BCUT2D eigenvalue weighted by Gasteiger charge is -2.18. The highest BCUT2D eigenvalue weighted by atomic mass is 16.3. The number of likely N-dealkylation sites (N-methyl/N-ethyl adjacent to an activating group) is 1. The Morgan fingerprint density at radius 2 is 2.11 bits per heavy atom. The molecule has 5 nitrogen and oxygen atoms in total. The summed E-state index contributed by atoms with van der Waals surface area (Å²) >= 11 is 0. The fourth-order valence-electron chi connectivity index (χ4n) is 2.59. The fourth-order valence-corrected chi connectivity index (χ4v) is 2.59. The number of aliphatic hydroxyl groups is 2. The zero-order valence-electron chi connectivity index (χ0n) is 11.0. The molecule has 0 aromatic carbocycles. The van der Waals surface area contributed by atoms with Crippen molar-refractivity contribution in [2.75, 3.05) is 20.2 Å². The van der Waals surface area contributed by atoms with Crippen molar-refractivity contribution in [3.63, 3.8) is 0 Å². The van der Waals surface area contributed by atoms with E-state index in [1.165, 1.54) is 30.5 Å². The molecule has 3 N–H and O–H groups in total. The fraction of sp³-hybridized carbons (Fsp3) is 0.769. The number of rotatable bonds is 5. The number of aryl methyl sites for hydroxylation is 1. The van der Waals surface area contributed by atoms with Gasteiger partial charge in [0.1, 0.15) is 0 Å². The van der Waals surface area contributed by atoms with Crippen molar-refractivity contribution in [1.29, 1.82) is 0 Å². The Bertz CT molecular complexity index is 378. The molecule has 1 aliphatic rings. The van der Waals surface area contributed by atoms with E-state index < -0.39 is 6.10 Å². The van der Waals surface area contributed by atoms with Crippen LogP contribution in [0, 0.1) is 0 Å². The molecule has 5 heteroatoms. The number of aromatic nitrogens is 2. The number of aromatic amines is 1. The van der Waals surface area contributed by atoms with Crippen LogP contribution in [0.4, 0.5) is 0 Å². The molecular formula is C13H23N3O2. The smallest absolute Gasteiger partial charge is 0.0897 e. The van der Waals surface area contributed by atoms with Gasteiger partial charge in [0, 0.05) is 18.8 Å². The monoisotopic (exact) mass is 253 g/mol. The lowest BCUT2D eigenvalue weighted by molar-refractivity contribution is 0.0644. The molecule has 0 radical (unpaired) electrons. The normalized spacial score (nSPS) is 17.6. The third kappa shape index (κ3) is 3.31. The molecular weight excluding hydrogens is 230 g/mol. The van der Waals surface area contributed by atoms with E-state index in [9.17, 15) is 5.11 Å². The van der Waals surface area contributed by atoms with Crippen molar-refractivity contribution in [2.45, 2.75) is 44.8 Å². The van der Waals surface area contributed by atoms with Gasteiger partial charge < -0.3 is 10.2 Å². The van der Waals surface area contributed by atoms with Gasteiger partial charge in [0.25, 0.3) is 0 Å². The van der Waals surface area contributed by atoms with E-state index in [0.717, 1.165) is 25.1 Å². The Hall–Kier alpha value is -0.910. The van der Waals surface area contributed by atoms with Crippen LogP contribution in [0.1, 0.15) is 36.2 Å². The molecule has 1 aliphatic carbocycles. The Labute approximate surface area is 108 Å². The van der Waals surface area contributed by atoms with Gasteiger partial charge in [0.2, 0.25) is 0 Å². The summed E-state index contributed by atoms with van der Waals surface area (Å²) in [5.74, 6) is 0. The van der Waals surface area contributed by atoms with Gasteiger partial charge in [-0.25, -0.2) is 0 Å². The largest absolute Gasteiger partial charge is 0.394 e. The SMILES string of the molecule is CN(Cc1n[nH]c2c1CCCCC2)C[C@H](O)CO. The zero-order valence-corrected chi connectivity index (χ0v) is 11.0. The molecule has 0 aliphatic heterocycles. The van der Waals surface area contributed by atoms with Crippen LogP contribution in [0.3, 0.4) is 0 Å². The first-order valence-electron chi connectivity index (χ1n) is 6.73. The number of hydrogen-bond acceptors (Lipinski definition) is 4. The van der Waals surface area contributed by atoms with Crippen molar-refractivity contribution in [2.24, 2.45) is 0 Å². The minimum Gasteiger partial charge on any atom is -0.394 e. The molecule has 1 heterocycles. The summed E-state index contributed by atoms with van der Waals surface area (Å²) in [5, 5.41) is 25.8. The molecule has 2 rings (SSSR count). The Kier molecular flexibility index (Phi) is 4.74. The van der Waals surface area contributed by atoms with Gasteiger partial charge in [0.15, 0.2) is 0 Å². The summed E-state index contributed by atoms with van der Waals surface area (Å²) in [6, 6.07) is 0. The maximum Gasteiger partial charge on any atom is 0.0897 e. The average Bonchev–Trinajstić information content (AvgIpc) is 2.59. The lowest BCUT2D eigenvalue weighted by atomic mass is 10.1. The van der Waals surface area contributed by atoms with Crippen LogP contribution in [0.15, 0.2) is 0 Å². The standard InChI is InChI=1S/C13H23N3O2/c1-16(7-10(18)9-17)8-13-11-5-3-2-4-6-12(11)14-15-13/h10,17-18H,2-9H2,1H3,(H,14,15)/t10-/m0/s1. The summed E-state index contributed by atoms with van der Waals surface area (Å²) in [5.41, 5.74) is 3.76. The number of nitrogens with zero attached hydrogens (tertiary/aromatic N) is 2. The zero-order chi connectivity index (χ0) is 13.0. The molecule has 0 spiro atoms. The van der Waals surface area contributed by atoms with Crippen LogP contribution < -0.4 is 0 Å². The summed E-state index contributed by atoms with van der Waals surface area (Å²) < 4.78 is 0. The molecule has 0 fully saturated rings. The van der Waals surface area contributed by atoms with E-state index in [1.807, 2.05) is 11.9 Å². The maximum atomic E-state index is 9.42. The van der Waals surface area contributed by atoms with Crippen LogP contribution in [-0.2, 0) is 19.4 Å². The van der Waals surface area contributed by atoms with Gasteiger partial charge in [-0.2, -0.15) is 5.10 Å². The third-order valence-electron chi connectivity index (χ3n) is 3.54. The van der Waals surface area contributed by atoms with Crippen molar-refractivity contribution >= 4 is 0 Å². The van der Waals surface area contributed by atoms with Crippen molar-refractivity contribution < 1.29 is 10.2 Å². The van der Waals surface area contributed by atoms with Crippen LogP contribution in [0.5, 0.6) is 0 Å². The second-order valence-electron chi connectivity index (χ2n) is 5.22. The van der Waals surface area contributed by atoms with Crippen LogP contribution in [0.25, 0.3) is 0 Å². The van der Waals surface area contributed by atoms with E-state index in [1.54, 1.807) is 0 Å². The number of hydrogen-bond donors (Lipinski definition) is 3. The summed E-state index contributed by atoms with van der Waals surface area (Å²) in [4.78, 5) is 2.00. The molecule has 0 saturated carbocycles. The molecule has 102 valence electrons. The van der Waals surface area contributed by atoms with E-state index in [2.05, 4.69) is 10.2 Å². The van der Waals surface area contributed by atoms with Gasteiger partial charge in [0.05, 0.1) is 18.4 Å². The Balaban J connectivity index is 1.99. The summed E-state index contributed by atoms with van der Waals surface area (Å²) in [7, 11) is 1.94. The van der Waals surface area contributed by atoms with Crippen LogP contribution in [0.2, 0.25) is 0 Å². The molecule has 0 amide bonds. The van der Waals surface area contributed by atoms with Crippen molar-refractivity contribution in [3.05, 3.63) is 17.0 Å². The van der Waals surface area contributed by atoms with Gasteiger partial charge in [-0.3, -0.25) is 10.00 Å². The third-order valence-corrected chi connectivity index (χ3v) is 3.54. The van der Waals surface area contributed by atoms with Crippen LogP contribution in [-0.4, -0.2) is 51.6 Å². The number of H-pyrrole nitrogens is 1. The maximum absolute atomic E-state index is 9.42. The van der Waals surface area contributed by atoms with Gasteiger partial charge in [-0.15, -0.1) is 0 Å². The first-order valence-corrected chi connectivity index (χ1v) is 6.73. The molecule has 0 saturated heterocycles. The second kappa shape index (κ2) is 6.31. The van der Waals surface area contributed by atoms with E-state index in [-0.39, 0.29) is 6.61 Å². The average molecular weight is 253 g/mol. The van der Waals surface area contributed by atoms with Crippen molar-refractivity contribution in [1.82, 2.24) is 15.1 Å².